The third-order valence-corrected chi connectivity index (χ3v) is 5.15. The molecule has 0 saturated carbocycles. The van der Waals surface area contributed by atoms with Crippen LogP contribution in [0.4, 0.5) is 0 Å². The maximum atomic E-state index is 13.4. The lowest BCUT2D eigenvalue weighted by Gasteiger charge is -2.41. The molecule has 4 nitrogen and oxygen atoms in total. The first-order chi connectivity index (χ1) is 11.7. The zero-order chi connectivity index (χ0) is 16.7. The lowest BCUT2D eigenvalue weighted by Crippen LogP contribution is -2.59. The summed E-state index contributed by atoms with van der Waals surface area (Å²) in [6.07, 6.45) is 0. The topological polar surface area (TPSA) is 49.4 Å². The van der Waals surface area contributed by atoms with E-state index in [1.54, 1.807) is 18.2 Å². The molecule has 0 aromatic heterocycles. The van der Waals surface area contributed by atoms with Crippen molar-refractivity contribution in [3.8, 4) is 0 Å². The number of halogens is 1. The van der Waals surface area contributed by atoms with E-state index in [0.29, 0.717) is 29.2 Å². The van der Waals surface area contributed by atoms with Gasteiger partial charge in [-0.3, -0.25) is 14.5 Å². The number of nitrogens with one attached hydrogen (secondary N) is 1. The molecule has 5 heteroatoms. The first kappa shape index (κ1) is 15.5. The quantitative estimate of drug-likeness (QED) is 0.853. The van der Waals surface area contributed by atoms with Crippen LogP contribution in [0.15, 0.2) is 48.5 Å². The Bertz CT molecular complexity index is 815. The van der Waals surface area contributed by atoms with Crippen LogP contribution in [0.25, 0.3) is 0 Å². The molecule has 1 saturated heterocycles. The lowest BCUT2D eigenvalue weighted by molar-refractivity contribution is 0.0443. The largest absolute Gasteiger partial charge is 0.314 e. The number of hydrogen-bond acceptors (Lipinski definition) is 4. The molecule has 24 heavy (non-hydrogen) atoms. The molecule has 1 aliphatic heterocycles. The Morgan fingerprint density at radius 1 is 0.917 bits per heavy atom. The summed E-state index contributed by atoms with van der Waals surface area (Å²) in [7, 11) is 0. The summed E-state index contributed by atoms with van der Waals surface area (Å²) in [5.74, 6) is -0.314. The fourth-order valence-electron chi connectivity index (χ4n) is 3.81. The normalized spacial score (nSPS) is 24.2. The number of nitrogens with zero attached hydrogens (tertiary/aromatic N) is 1. The van der Waals surface area contributed by atoms with Crippen LogP contribution in [-0.4, -0.2) is 42.6 Å². The fourth-order valence-corrected chi connectivity index (χ4v) is 3.98. The van der Waals surface area contributed by atoms with E-state index in [1.807, 2.05) is 35.2 Å². The van der Waals surface area contributed by atoms with E-state index >= 15 is 0 Å². The molecule has 1 unspecified atom stereocenters. The van der Waals surface area contributed by atoms with Crippen molar-refractivity contribution in [3.63, 3.8) is 0 Å². The summed E-state index contributed by atoms with van der Waals surface area (Å²) in [5.41, 5.74) is 0.354. The molecule has 2 aromatic rings. The highest BCUT2D eigenvalue weighted by molar-refractivity contribution is 6.35. The fraction of sp³-hybridized carbons (Fsp3) is 0.263. The molecule has 0 bridgehead atoms. The van der Waals surface area contributed by atoms with E-state index < -0.39 is 5.54 Å². The van der Waals surface area contributed by atoms with Crippen molar-refractivity contribution in [2.75, 3.05) is 26.2 Å². The zero-order valence-electron chi connectivity index (χ0n) is 13.1. The highest BCUT2D eigenvalue weighted by Gasteiger charge is 2.57. The highest BCUT2D eigenvalue weighted by atomic mass is 35.5. The van der Waals surface area contributed by atoms with E-state index in [4.69, 9.17) is 11.6 Å². The van der Waals surface area contributed by atoms with Crippen molar-refractivity contribution < 1.29 is 9.59 Å². The predicted molar refractivity (Wildman–Crippen MR) is 92.7 cm³/mol. The minimum absolute atomic E-state index is 0.146. The molecule has 4 rings (SSSR count). The number of benzene rings is 2. The van der Waals surface area contributed by atoms with Gasteiger partial charge < -0.3 is 5.32 Å². The van der Waals surface area contributed by atoms with Gasteiger partial charge in [-0.2, -0.15) is 0 Å². The first-order valence-corrected chi connectivity index (χ1v) is 8.44. The third-order valence-electron chi connectivity index (χ3n) is 4.91. The van der Waals surface area contributed by atoms with Gasteiger partial charge in [-0.05, 0) is 23.8 Å². The van der Waals surface area contributed by atoms with E-state index in [0.717, 1.165) is 18.7 Å². The number of carbonyl (C=O) groups is 2. The minimum atomic E-state index is -1.27. The van der Waals surface area contributed by atoms with E-state index in [1.165, 1.54) is 0 Å². The molecule has 0 spiro atoms. The van der Waals surface area contributed by atoms with Gasteiger partial charge in [0.25, 0.3) is 0 Å². The maximum Gasteiger partial charge on any atom is 0.196 e. The van der Waals surface area contributed by atoms with Gasteiger partial charge in [-0.1, -0.05) is 41.9 Å². The molecule has 0 radical (unpaired) electrons. The standard InChI is InChI=1S/C19H17ClN2O2/c20-14-6-7-15-16(12-14)18(24)19(17(15)23,13-4-2-1-3-5-13)22-10-8-21-9-11-22/h1-7,12,21H,8-11H2. The molecule has 1 aliphatic carbocycles. The SMILES string of the molecule is O=C1c2ccc(Cl)cc2C(=O)C1(c1ccccc1)N1CCNCC1. The summed E-state index contributed by atoms with van der Waals surface area (Å²) in [4.78, 5) is 28.9. The van der Waals surface area contributed by atoms with Crippen molar-refractivity contribution in [2.24, 2.45) is 0 Å². The maximum absolute atomic E-state index is 13.4. The number of piperazine rings is 1. The second kappa shape index (κ2) is 5.81. The van der Waals surface area contributed by atoms with Crippen LogP contribution in [0, 0.1) is 0 Å². The molecule has 2 aliphatic rings. The summed E-state index contributed by atoms with van der Waals surface area (Å²) in [5, 5.41) is 3.75. The van der Waals surface area contributed by atoms with Crippen molar-refractivity contribution in [1.82, 2.24) is 10.2 Å². The van der Waals surface area contributed by atoms with Gasteiger partial charge in [-0.25, -0.2) is 0 Å². The first-order valence-electron chi connectivity index (χ1n) is 8.06. The number of Topliss-reactive ketones (excluding diaryl/α,β-unsaturated/α-hetero) is 2. The Hall–Kier alpha value is -2.01. The van der Waals surface area contributed by atoms with Gasteiger partial charge in [0.15, 0.2) is 17.1 Å². The van der Waals surface area contributed by atoms with Crippen LogP contribution >= 0.6 is 11.6 Å². The van der Waals surface area contributed by atoms with Gasteiger partial charge in [0.05, 0.1) is 0 Å². The number of hydrogen-bond donors (Lipinski definition) is 1. The Balaban J connectivity index is 1.95. The van der Waals surface area contributed by atoms with Crippen molar-refractivity contribution in [3.05, 3.63) is 70.2 Å². The average Bonchev–Trinajstić information content (AvgIpc) is 2.85. The smallest absolute Gasteiger partial charge is 0.196 e. The van der Waals surface area contributed by atoms with Crippen LogP contribution in [0.3, 0.4) is 0 Å². The second-order valence-electron chi connectivity index (χ2n) is 6.16. The lowest BCUT2D eigenvalue weighted by atomic mass is 9.82. The van der Waals surface area contributed by atoms with Gasteiger partial charge in [0, 0.05) is 42.3 Å². The molecule has 1 heterocycles. The highest BCUT2D eigenvalue weighted by Crippen LogP contribution is 2.43. The number of rotatable bonds is 2. The Morgan fingerprint density at radius 2 is 1.58 bits per heavy atom. The summed E-state index contributed by atoms with van der Waals surface area (Å²) in [6.45, 7) is 2.81. The monoisotopic (exact) mass is 340 g/mol. The minimum Gasteiger partial charge on any atom is -0.314 e. The number of carbonyl (C=O) groups excluding carboxylic acids is 2. The van der Waals surface area contributed by atoms with Crippen molar-refractivity contribution >= 4 is 23.2 Å². The van der Waals surface area contributed by atoms with Crippen LogP contribution < -0.4 is 5.32 Å². The molecule has 2 aromatic carbocycles. The van der Waals surface area contributed by atoms with Gasteiger partial charge in [0.1, 0.15) is 0 Å². The number of fused-ring (bicyclic) bond motifs is 1. The van der Waals surface area contributed by atoms with Crippen molar-refractivity contribution in [2.45, 2.75) is 5.54 Å². The van der Waals surface area contributed by atoms with E-state index in [2.05, 4.69) is 5.32 Å². The molecular weight excluding hydrogens is 324 g/mol. The molecule has 0 amide bonds. The summed E-state index contributed by atoms with van der Waals surface area (Å²) in [6, 6.07) is 14.3. The zero-order valence-corrected chi connectivity index (χ0v) is 13.8. The molecule has 122 valence electrons. The van der Waals surface area contributed by atoms with Gasteiger partial charge in [-0.15, -0.1) is 0 Å². The van der Waals surface area contributed by atoms with Crippen LogP contribution in [0.5, 0.6) is 0 Å². The van der Waals surface area contributed by atoms with Crippen LogP contribution in [0.1, 0.15) is 26.3 Å². The Labute approximate surface area is 145 Å². The van der Waals surface area contributed by atoms with E-state index in [9.17, 15) is 9.59 Å². The average molecular weight is 341 g/mol. The van der Waals surface area contributed by atoms with E-state index in [-0.39, 0.29) is 11.6 Å². The molecule has 1 N–H and O–H groups in total. The predicted octanol–water partition coefficient (Wildman–Crippen LogP) is 2.52. The van der Waals surface area contributed by atoms with Crippen molar-refractivity contribution in [1.29, 1.82) is 0 Å². The summed E-state index contributed by atoms with van der Waals surface area (Å²) < 4.78 is 0. The number of ketones is 2. The van der Waals surface area contributed by atoms with Gasteiger partial charge >= 0.3 is 0 Å². The molecule has 1 fully saturated rings. The van der Waals surface area contributed by atoms with Crippen LogP contribution in [-0.2, 0) is 5.54 Å². The van der Waals surface area contributed by atoms with Crippen LogP contribution in [0.2, 0.25) is 5.02 Å². The summed E-state index contributed by atoms with van der Waals surface area (Å²) >= 11 is 6.07. The Kier molecular flexibility index (Phi) is 3.76. The molecule has 1 atom stereocenters. The molecular formula is C19H17ClN2O2. The second-order valence-corrected chi connectivity index (χ2v) is 6.60. The Morgan fingerprint density at radius 3 is 2.29 bits per heavy atom. The van der Waals surface area contributed by atoms with Gasteiger partial charge in [0.2, 0.25) is 0 Å². The third kappa shape index (κ3) is 2.07.